The highest BCUT2D eigenvalue weighted by atomic mass is 19.1. The second-order valence-corrected chi connectivity index (χ2v) is 4.23. The fourth-order valence-corrected chi connectivity index (χ4v) is 2.22. The van der Waals surface area contributed by atoms with Crippen LogP contribution in [0.5, 0.6) is 0 Å². The van der Waals surface area contributed by atoms with E-state index in [0.717, 1.165) is 25.2 Å². The molecule has 1 aliphatic rings. The lowest BCUT2D eigenvalue weighted by Gasteiger charge is -2.18. The molecule has 0 spiro atoms. The average molecular weight is 221 g/mol. The van der Waals surface area contributed by atoms with E-state index >= 15 is 0 Å². The molecular formula is C13H16FNO. The van der Waals surface area contributed by atoms with Crippen molar-refractivity contribution in [3.05, 3.63) is 30.1 Å². The lowest BCUT2D eigenvalue weighted by molar-refractivity contribution is -0.121. The van der Waals surface area contributed by atoms with Crippen LogP contribution >= 0.6 is 0 Å². The van der Waals surface area contributed by atoms with Crippen molar-refractivity contribution in [1.29, 1.82) is 0 Å². The molecular weight excluding hydrogens is 205 g/mol. The van der Waals surface area contributed by atoms with Gasteiger partial charge in [-0.05, 0) is 24.6 Å². The number of rotatable bonds is 3. The molecule has 1 atom stereocenters. The molecule has 16 heavy (non-hydrogen) atoms. The van der Waals surface area contributed by atoms with Crippen LogP contribution in [-0.2, 0) is 4.79 Å². The fraction of sp³-hybridized carbons (Fsp3) is 0.462. The third-order valence-corrected chi connectivity index (χ3v) is 3.17. The summed E-state index contributed by atoms with van der Waals surface area (Å²) in [6.45, 7) is 3.48. The van der Waals surface area contributed by atoms with Crippen LogP contribution in [0.2, 0.25) is 0 Å². The van der Waals surface area contributed by atoms with Gasteiger partial charge in [0, 0.05) is 31.1 Å². The molecule has 0 aromatic heterocycles. The zero-order valence-corrected chi connectivity index (χ0v) is 9.45. The normalized spacial score (nSPS) is 20.1. The maximum atomic E-state index is 13.0. The standard InChI is InChI=1S/C13H16FNO/c1-2-13(16)10-6-7-15(9-10)12-5-3-4-11(14)8-12/h3-5,8,10H,2,6-7,9H2,1H3. The first kappa shape index (κ1) is 11.1. The minimum atomic E-state index is -0.220. The van der Waals surface area contributed by atoms with E-state index < -0.39 is 0 Å². The number of ketones is 1. The van der Waals surface area contributed by atoms with Gasteiger partial charge in [0.25, 0.3) is 0 Å². The second kappa shape index (κ2) is 4.64. The molecule has 0 saturated carbocycles. The van der Waals surface area contributed by atoms with Crippen molar-refractivity contribution in [3.8, 4) is 0 Å². The predicted octanol–water partition coefficient (Wildman–Crippen LogP) is 2.63. The number of Topliss-reactive ketones (excluding diaryl/α,β-unsaturated/α-hetero) is 1. The number of carbonyl (C=O) groups is 1. The Morgan fingerprint density at radius 2 is 2.38 bits per heavy atom. The molecule has 1 aliphatic heterocycles. The van der Waals surface area contributed by atoms with Gasteiger partial charge in [-0.1, -0.05) is 13.0 Å². The van der Waals surface area contributed by atoms with E-state index in [4.69, 9.17) is 0 Å². The van der Waals surface area contributed by atoms with Gasteiger partial charge in [-0.25, -0.2) is 4.39 Å². The van der Waals surface area contributed by atoms with E-state index in [-0.39, 0.29) is 11.7 Å². The van der Waals surface area contributed by atoms with Gasteiger partial charge in [-0.2, -0.15) is 0 Å². The molecule has 1 aromatic rings. The quantitative estimate of drug-likeness (QED) is 0.782. The van der Waals surface area contributed by atoms with Gasteiger partial charge < -0.3 is 4.90 Å². The first-order chi connectivity index (χ1) is 7.70. The molecule has 0 radical (unpaired) electrons. The Morgan fingerprint density at radius 3 is 3.06 bits per heavy atom. The van der Waals surface area contributed by atoms with Crippen molar-refractivity contribution >= 4 is 11.5 Å². The second-order valence-electron chi connectivity index (χ2n) is 4.23. The molecule has 1 saturated heterocycles. The lowest BCUT2D eigenvalue weighted by atomic mass is 10.0. The van der Waals surface area contributed by atoms with Crippen LogP contribution in [0.25, 0.3) is 0 Å². The highest BCUT2D eigenvalue weighted by Crippen LogP contribution is 2.25. The summed E-state index contributed by atoms with van der Waals surface area (Å²) in [4.78, 5) is 13.6. The fourth-order valence-electron chi connectivity index (χ4n) is 2.22. The van der Waals surface area contributed by atoms with E-state index in [0.29, 0.717) is 12.2 Å². The zero-order valence-electron chi connectivity index (χ0n) is 9.45. The van der Waals surface area contributed by atoms with Crippen molar-refractivity contribution in [2.45, 2.75) is 19.8 Å². The number of halogens is 1. The Hall–Kier alpha value is -1.38. The summed E-state index contributed by atoms with van der Waals surface area (Å²) in [6, 6.07) is 6.56. The maximum absolute atomic E-state index is 13.0. The van der Waals surface area contributed by atoms with Crippen LogP contribution in [0, 0.1) is 11.7 Å². The van der Waals surface area contributed by atoms with E-state index in [1.807, 2.05) is 13.0 Å². The van der Waals surface area contributed by atoms with Crippen LogP contribution in [0.3, 0.4) is 0 Å². The Kier molecular flexibility index (Phi) is 3.22. The van der Waals surface area contributed by atoms with Gasteiger partial charge in [0.15, 0.2) is 0 Å². The molecule has 1 unspecified atom stereocenters. The summed E-state index contributed by atoms with van der Waals surface area (Å²) in [5, 5.41) is 0. The van der Waals surface area contributed by atoms with E-state index in [9.17, 15) is 9.18 Å². The van der Waals surface area contributed by atoms with Crippen molar-refractivity contribution in [3.63, 3.8) is 0 Å². The van der Waals surface area contributed by atoms with Crippen molar-refractivity contribution < 1.29 is 9.18 Å². The maximum Gasteiger partial charge on any atom is 0.137 e. The highest BCUT2D eigenvalue weighted by Gasteiger charge is 2.27. The van der Waals surface area contributed by atoms with Gasteiger partial charge in [0.05, 0.1) is 0 Å². The molecule has 2 rings (SSSR count). The van der Waals surface area contributed by atoms with Gasteiger partial charge >= 0.3 is 0 Å². The number of benzene rings is 1. The Morgan fingerprint density at radius 1 is 1.56 bits per heavy atom. The molecule has 1 aromatic carbocycles. The highest BCUT2D eigenvalue weighted by molar-refractivity contribution is 5.82. The largest absolute Gasteiger partial charge is 0.371 e. The topological polar surface area (TPSA) is 20.3 Å². The number of nitrogens with zero attached hydrogens (tertiary/aromatic N) is 1. The smallest absolute Gasteiger partial charge is 0.137 e. The zero-order chi connectivity index (χ0) is 11.5. The minimum Gasteiger partial charge on any atom is -0.371 e. The Bertz CT molecular complexity index is 391. The summed E-state index contributed by atoms with van der Waals surface area (Å²) in [5.74, 6) is 0.231. The predicted molar refractivity (Wildman–Crippen MR) is 62.0 cm³/mol. The van der Waals surface area contributed by atoms with Crippen LogP contribution < -0.4 is 4.90 Å². The van der Waals surface area contributed by atoms with Crippen molar-refractivity contribution in [2.75, 3.05) is 18.0 Å². The van der Waals surface area contributed by atoms with Crippen LogP contribution in [0.15, 0.2) is 24.3 Å². The van der Waals surface area contributed by atoms with Crippen molar-refractivity contribution in [2.24, 2.45) is 5.92 Å². The monoisotopic (exact) mass is 221 g/mol. The van der Waals surface area contributed by atoms with Gasteiger partial charge in [-0.3, -0.25) is 4.79 Å². The number of hydrogen-bond acceptors (Lipinski definition) is 2. The third kappa shape index (κ3) is 2.23. The van der Waals surface area contributed by atoms with Gasteiger partial charge in [0.2, 0.25) is 0 Å². The molecule has 0 bridgehead atoms. The van der Waals surface area contributed by atoms with E-state index in [1.54, 1.807) is 6.07 Å². The molecule has 86 valence electrons. The van der Waals surface area contributed by atoms with Gasteiger partial charge in [0.1, 0.15) is 11.6 Å². The Labute approximate surface area is 95.1 Å². The summed E-state index contributed by atoms with van der Waals surface area (Å²) in [7, 11) is 0. The van der Waals surface area contributed by atoms with Crippen LogP contribution in [0.1, 0.15) is 19.8 Å². The minimum absolute atomic E-state index is 0.133. The molecule has 2 nitrogen and oxygen atoms in total. The number of hydrogen-bond donors (Lipinski definition) is 0. The molecule has 0 N–H and O–H groups in total. The average Bonchev–Trinajstić information content (AvgIpc) is 2.77. The first-order valence-electron chi connectivity index (χ1n) is 5.74. The van der Waals surface area contributed by atoms with Crippen molar-refractivity contribution in [1.82, 2.24) is 0 Å². The van der Waals surface area contributed by atoms with E-state index in [2.05, 4.69) is 4.90 Å². The van der Waals surface area contributed by atoms with E-state index in [1.165, 1.54) is 12.1 Å². The molecule has 0 amide bonds. The summed E-state index contributed by atoms with van der Waals surface area (Å²) < 4.78 is 13.0. The lowest BCUT2D eigenvalue weighted by Crippen LogP contribution is -2.22. The number of anilines is 1. The van der Waals surface area contributed by atoms with Crippen LogP contribution in [-0.4, -0.2) is 18.9 Å². The molecule has 3 heteroatoms. The molecule has 0 aliphatic carbocycles. The third-order valence-electron chi connectivity index (χ3n) is 3.17. The summed E-state index contributed by atoms with van der Waals surface area (Å²) in [5.41, 5.74) is 0.881. The Balaban J connectivity index is 2.06. The first-order valence-corrected chi connectivity index (χ1v) is 5.74. The molecule has 1 fully saturated rings. The summed E-state index contributed by atoms with van der Waals surface area (Å²) >= 11 is 0. The SMILES string of the molecule is CCC(=O)C1CCN(c2cccc(F)c2)C1. The van der Waals surface area contributed by atoms with Crippen LogP contribution in [0.4, 0.5) is 10.1 Å². The molecule has 1 heterocycles. The van der Waals surface area contributed by atoms with Gasteiger partial charge in [-0.15, -0.1) is 0 Å². The summed E-state index contributed by atoms with van der Waals surface area (Å²) in [6.07, 6.45) is 1.49. The number of carbonyl (C=O) groups excluding carboxylic acids is 1.